The first kappa shape index (κ1) is 24.0. The van der Waals surface area contributed by atoms with Crippen LogP contribution in [0.15, 0.2) is 18.2 Å². The molecule has 0 aliphatic carbocycles. The number of carboxylic acids is 1. The summed E-state index contributed by atoms with van der Waals surface area (Å²) in [6.07, 6.45) is -5.19. The summed E-state index contributed by atoms with van der Waals surface area (Å²) in [6, 6.07) is 3.55. The van der Waals surface area contributed by atoms with Crippen molar-refractivity contribution < 1.29 is 56.0 Å². The van der Waals surface area contributed by atoms with Crippen LogP contribution in [0.5, 0.6) is 5.75 Å². The van der Waals surface area contributed by atoms with Gasteiger partial charge in [-0.15, -0.1) is 4.65 Å². The van der Waals surface area contributed by atoms with Gasteiger partial charge < -0.3 is 14.9 Å². The molecule has 1 atom stereocenters. The van der Waals surface area contributed by atoms with E-state index in [0.29, 0.717) is 5.56 Å². The second-order valence-electron chi connectivity index (χ2n) is 6.47. The third-order valence-corrected chi connectivity index (χ3v) is 5.18. The second kappa shape index (κ2) is 9.70. The average molecular weight is 457 g/mol. The molecule has 2 rings (SSSR count). The molecule has 168 valence electrons. The Labute approximate surface area is 171 Å². The number of quaternary nitrogens is 1. The maximum atomic E-state index is 12.6. The van der Waals surface area contributed by atoms with Crippen LogP contribution < -0.4 is 0 Å². The SMILES string of the molecule is O=C(O)c1ccc(CN(CC[N+]2(OC(=O)C(F)(F)F)CCOCC2)S(=O)O)cc1O. The van der Waals surface area contributed by atoms with Gasteiger partial charge in [-0.25, -0.2) is 13.8 Å². The first-order valence-electron chi connectivity index (χ1n) is 8.59. The number of hydrogen-bond acceptors (Lipinski definition) is 6. The standard InChI is InChI=1S/C16H19F3N2O8S/c17-16(18,19)15(25)29-21(5-7-28-8-6-21)4-3-20(30(26)27)10-11-1-2-12(14(23)24)13(22)9-11/h1-2,9H,3-8,10H2,(H2-,22,23,24,26,27)/p+1. The number of carbonyl (C=O) groups excluding carboxylic acids is 1. The van der Waals surface area contributed by atoms with Crippen LogP contribution in [0.4, 0.5) is 13.2 Å². The number of halogens is 3. The van der Waals surface area contributed by atoms with Crippen molar-refractivity contribution in [3.8, 4) is 5.75 Å². The minimum Gasteiger partial charge on any atom is -0.507 e. The highest BCUT2D eigenvalue weighted by atomic mass is 32.2. The Balaban J connectivity index is 2.12. The van der Waals surface area contributed by atoms with Gasteiger partial charge in [-0.1, -0.05) is 6.07 Å². The number of hydrogen-bond donors (Lipinski definition) is 3. The molecule has 14 heteroatoms. The van der Waals surface area contributed by atoms with Crippen molar-refractivity contribution in [2.75, 3.05) is 39.4 Å². The van der Waals surface area contributed by atoms with Gasteiger partial charge in [0.15, 0.2) is 0 Å². The van der Waals surface area contributed by atoms with Crippen molar-refractivity contribution in [1.82, 2.24) is 4.31 Å². The van der Waals surface area contributed by atoms with Crippen molar-refractivity contribution in [1.29, 1.82) is 0 Å². The van der Waals surface area contributed by atoms with Crippen LogP contribution in [0.2, 0.25) is 0 Å². The summed E-state index contributed by atoms with van der Waals surface area (Å²) in [4.78, 5) is 26.9. The summed E-state index contributed by atoms with van der Waals surface area (Å²) in [5, 5.41) is 18.7. The molecule has 0 spiro atoms. The van der Waals surface area contributed by atoms with E-state index in [-0.39, 0.29) is 51.5 Å². The molecule has 1 aromatic carbocycles. The summed E-state index contributed by atoms with van der Waals surface area (Å²) < 4.78 is 64.5. The average Bonchev–Trinajstić information content (AvgIpc) is 2.64. The Morgan fingerprint density at radius 1 is 1.27 bits per heavy atom. The monoisotopic (exact) mass is 457 g/mol. The van der Waals surface area contributed by atoms with E-state index in [1.165, 1.54) is 6.07 Å². The van der Waals surface area contributed by atoms with E-state index >= 15 is 0 Å². The molecule has 0 amide bonds. The molecule has 1 aliphatic heterocycles. The van der Waals surface area contributed by atoms with E-state index in [4.69, 9.17) is 9.84 Å². The number of alkyl halides is 3. The minimum absolute atomic E-state index is 0.0396. The number of benzene rings is 1. The Morgan fingerprint density at radius 3 is 2.40 bits per heavy atom. The number of morpholine rings is 1. The molecule has 0 saturated carbocycles. The maximum Gasteiger partial charge on any atom is 0.497 e. The van der Waals surface area contributed by atoms with E-state index < -0.39 is 39.8 Å². The molecular weight excluding hydrogens is 437 g/mol. The Kier molecular flexibility index (Phi) is 7.76. The quantitative estimate of drug-likeness (QED) is 0.387. The number of hydroxylamine groups is 3. The number of aromatic hydroxyl groups is 1. The molecule has 1 saturated heterocycles. The van der Waals surface area contributed by atoms with Crippen LogP contribution >= 0.6 is 0 Å². The number of carboxylic acid groups (broad SMARTS) is 1. The zero-order valence-corrected chi connectivity index (χ0v) is 16.3. The van der Waals surface area contributed by atoms with Crippen molar-refractivity contribution >= 4 is 23.2 Å². The highest BCUT2D eigenvalue weighted by Crippen LogP contribution is 2.23. The van der Waals surface area contributed by atoms with Gasteiger partial charge in [0, 0.05) is 6.54 Å². The molecule has 1 aliphatic rings. The topological polar surface area (TPSA) is 134 Å². The van der Waals surface area contributed by atoms with Gasteiger partial charge in [0.1, 0.15) is 30.9 Å². The Hall–Kier alpha value is -2.26. The van der Waals surface area contributed by atoms with E-state index in [0.717, 1.165) is 16.4 Å². The fourth-order valence-corrected chi connectivity index (χ4v) is 3.33. The molecule has 30 heavy (non-hydrogen) atoms. The van der Waals surface area contributed by atoms with E-state index in [2.05, 4.69) is 4.84 Å². The van der Waals surface area contributed by atoms with Crippen molar-refractivity contribution in [3.63, 3.8) is 0 Å². The molecule has 3 N–H and O–H groups in total. The molecule has 1 aromatic rings. The number of aromatic carboxylic acids is 1. The molecule has 10 nitrogen and oxygen atoms in total. The lowest BCUT2D eigenvalue weighted by molar-refractivity contribution is -1.09. The summed E-state index contributed by atoms with van der Waals surface area (Å²) >= 11 is -2.55. The van der Waals surface area contributed by atoms with Crippen molar-refractivity contribution in [2.45, 2.75) is 12.7 Å². The maximum absolute atomic E-state index is 12.6. The van der Waals surface area contributed by atoms with Gasteiger partial charge in [0.25, 0.3) is 0 Å². The van der Waals surface area contributed by atoms with E-state index in [9.17, 15) is 36.6 Å². The highest BCUT2D eigenvalue weighted by molar-refractivity contribution is 7.76. The molecule has 0 bridgehead atoms. The summed E-state index contributed by atoms with van der Waals surface area (Å²) in [5.41, 5.74) is -0.0620. The van der Waals surface area contributed by atoms with Gasteiger partial charge in [0.2, 0.25) is 11.3 Å². The Bertz CT molecular complexity index is 814. The molecule has 0 radical (unpaired) electrons. The van der Waals surface area contributed by atoms with Crippen LogP contribution in [0.1, 0.15) is 15.9 Å². The number of nitrogens with zero attached hydrogens (tertiary/aromatic N) is 2. The molecule has 1 fully saturated rings. The van der Waals surface area contributed by atoms with Gasteiger partial charge in [-0.3, -0.25) is 9.39 Å². The predicted molar refractivity (Wildman–Crippen MR) is 94.1 cm³/mol. The van der Waals surface area contributed by atoms with Gasteiger partial charge in [-0.05, 0) is 17.7 Å². The van der Waals surface area contributed by atoms with Crippen LogP contribution in [-0.4, -0.2) is 85.4 Å². The lowest BCUT2D eigenvalue weighted by Gasteiger charge is -2.38. The largest absolute Gasteiger partial charge is 0.507 e. The number of ether oxygens (including phenoxy) is 1. The van der Waals surface area contributed by atoms with Gasteiger partial charge >= 0.3 is 18.1 Å². The Morgan fingerprint density at radius 2 is 1.90 bits per heavy atom. The number of rotatable bonds is 8. The molecule has 1 heterocycles. The first-order valence-corrected chi connectivity index (χ1v) is 9.65. The predicted octanol–water partition coefficient (Wildman–Crippen LogP) is 0.897. The lowest BCUT2D eigenvalue weighted by Crippen LogP contribution is -2.59. The number of phenols is 1. The molecule has 0 aromatic heterocycles. The normalized spacial score (nSPS) is 17.5. The fraction of sp³-hybridized carbons (Fsp3) is 0.500. The van der Waals surface area contributed by atoms with Crippen molar-refractivity contribution in [3.05, 3.63) is 29.3 Å². The van der Waals surface area contributed by atoms with Gasteiger partial charge in [-0.2, -0.15) is 17.5 Å². The van der Waals surface area contributed by atoms with E-state index in [1.54, 1.807) is 0 Å². The fourth-order valence-electron chi connectivity index (χ4n) is 2.83. The third-order valence-electron chi connectivity index (χ3n) is 4.42. The molecule has 1 unspecified atom stereocenters. The zero-order chi connectivity index (χ0) is 22.5. The second-order valence-corrected chi connectivity index (χ2v) is 7.45. The highest BCUT2D eigenvalue weighted by Gasteiger charge is 2.48. The zero-order valence-electron chi connectivity index (χ0n) is 15.5. The van der Waals surface area contributed by atoms with Crippen LogP contribution in [0.3, 0.4) is 0 Å². The van der Waals surface area contributed by atoms with Gasteiger partial charge in [0.05, 0.1) is 19.8 Å². The summed E-state index contributed by atoms with van der Waals surface area (Å²) in [6.45, 7) is -0.744. The van der Waals surface area contributed by atoms with Crippen LogP contribution in [-0.2, 0) is 32.2 Å². The van der Waals surface area contributed by atoms with Crippen LogP contribution in [0.25, 0.3) is 0 Å². The third kappa shape index (κ3) is 6.37. The lowest BCUT2D eigenvalue weighted by atomic mass is 10.1. The first-order chi connectivity index (χ1) is 13.9. The van der Waals surface area contributed by atoms with E-state index in [1.807, 2.05) is 0 Å². The summed E-state index contributed by atoms with van der Waals surface area (Å²) in [5.74, 6) is -4.26. The number of carbonyl (C=O) groups is 2. The van der Waals surface area contributed by atoms with Crippen molar-refractivity contribution in [2.24, 2.45) is 0 Å². The smallest absolute Gasteiger partial charge is 0.497 e. The molecular formula is C16H20F3N2O8S+. The summed E-state index contributed by atoms with van der Waals surface area (Å²) in [7, 11) is 0. The minimum atomic E-state index is -5.19. The van der Waals surface area contributed by atoms with Crippen LogP contribution in [0, 0.1) is 0 Å².